The van der Waals surface area contributed by atoms with E-state index in [9.17, 15) is 4.79 Å². The molecule has 0 bridgehead atoms. The average Bonchev–Trinajstić information content (AvgIpc) is 2.92. The quantitative estimate of drug-likeness (QED) is 0.422. The van der Waals surface area contributed by atoms with Crippen LogP contribution in [-0.2, 0) is 17.6 Å². The van der Waals surface area contributed by atoms with E-state index in [1.165, 1.54) is 16.8 Å². The smallest absolute Gasteiger partial charge is 0.227 e. The molecule has 5 rings (SSSR count). The van der Waals surface area contributed by atoms with Crippen molar-refractivity contribution in [2.45, 2.75) is 25.7 Å². The van der Waals surface area contributed by atoms with Crippen LogP contribution in [0.2, 0.25) is 0 Å². The third-order valence-corrected chi connectivity index (χ3v) is 7.10. The Hall–Kier alpha value is -3.31. The lowest BCUT2D eigenvalue weighted by molar-refractivity contribution is -0.118. The molecule has 0 aromatic heterocycles. The molecule has 2 aliphatic rings. The first-order valence-electron chi connectivity index (χ1n) is 12.9. The van der Waals surface area contributed by atoms with Crippen molar-refractivity contribution in [3.8, 4) is 5.75 Å². The number of rotatable bonds is 9. The van der Waals surface area contributed by atoms with Crippen molar-refractivity contribution < 1.29 is 9.53 Å². The lowest BCUT2D eigenvalue weighted by Gasteiger charge is -2.36. The van der Waals surface area contributed by atoms with Crippen LogP contribution in [0.25, 0.3) is 0 Å². The van der Waals surface area contributed by atoms with E-state index in [-0.39, 0.29) is 5.91 Å². The monoisotopic (exact) mass is 469 g/mol. The number of carbonyl (C=O) groups excluding carboxylic acids is 1. The summed E-state index contributed by atoms with van der Waals surface area (Å²) in [7, 11) is 0. The van der Waals surface area contributed by atoms with Crippen molar-refractivity contribution in [3.63, 3.8) is 0 Å². The predicted octanol–water partition coefficient (Wildman–Crippen LogP) is 4.80. The summed E-state index contributed by atoms with van der Waals surface area (Å²) < 4.78 is 6.10. The lowest BCUT2D eigenvalue weighted by Crippen LogP contribution is -2.46. The van der Waals surface area contributed by atoms with Gasteiger partial charge in [0, 0.05) is 57.1 Å². The SMILES string of the molecule is O=C1CCc2cc(OCCCN3CCN(c4ccccc4)CC3)ccc2N1CCc1ccccc1. The lowest BCUT2D eigenvalue weighted by atomic mass is 10.00. The number of aryl methyl sites for hydroxylation is 1. The van der Waals surface area contributed by atoms with E-state index in [1.807, 2.05) is 17.0 Å². The van der Waals surface area contributed by atoms with Crippen LogP contribution in [0.1, 0.15) is 24.0 Å². The van der Waals surface area contributed by atoms with Gasteiger partial charge in [0.2, 0.25) is 5.91 Å². The Morgan fingerprint density at radius 2 is 1.51 bits per heavy atom. The predicted molar refractivity (Wildman–Crippen MR) is 142 cm³/mol. The first-order chi connectivity index (χ1) is 17.3. The average molecular weight is 470 g/mol. The van der Waals surface area contributed by atoms with E-state index < -0.39 is 0 Å². The van der Waals surface area contributed by atoms with E-state index in [2.05, 4.69) is 76.5 Å². The van der Waals surface area contributed by atoms with Crippen molar-refractivity contribution >= 4 is 17.3 Å². The maximum atomic E-state index is 12.6. The molecule has 0 spiro atoms. The number of nitrogens with zero attached hydrogens (tertiary/aromatic N) is 3. The summed E-state index contributed by atoms with van der Waals surface area (Å²) in [6.45, 7) is 6.85. The molecule has 0 N–H and O–H groups in total. The standard InChI is InChI=1S/C30H35N3O2/c34-30-15-12-26-24-28(13-14-29(26)33(30)18-16-25-8-3-1-4-9-25)35-23-7-17-31-19-21-32(22-20-31)27-10-5-2-6-11-27/h1-6,8-11,13-14,24H,7,12,15-23H2. The number of fused-ring (bicyclic) bond motifs is 1. The minimum atomic E-state index is 0.217. The van der Waals surface area contributed by atoms with Crippen LogP contribution in [0.5, 0.6) is 5.75 Å². The van der Waals surface area contributed by atoms with Crippen LogP contribution in [0.15, 0.2) is 78.9 Å². The van der Waals surface area contributed by atoms with Crippen LogP contribution >= 0.6 is 0 Å². The zero-order valence-corrected chi connectivity index (χ0v) is 20.4. The number of anilines is 2. The Bertz CT molecular complexity index is 1100. The molecule has 0 saturated carbocycles. The molecule has 3 aromatic rings. The fourth-order valence-corrected chi connectivity index (χ4v) is 5.10. The first-order valence-corrected chi connectivity index (χ1v) is 12.9. The summed E-state index contributed by atoms with van der Waals surface area (Å²) in [6.07, 6.45) is 3.24. The Balaban J connectivity index is 1.08. The molecular formula is C30H35N3O2. The van der Waals surface area contributed by atoms with Crippen molar-refractivity contribution in [3.05, 3.63) is 90.0 Å². The van der Waals surface area contributed by atoms with Gasteiger partial charge in [-0.25, -0.2) is 0 Å². The second kappa shape index (κ2) is 11.4. The number of piperazine rings is 1. The molecule has 1 fully saturated rings. The molecule has 182 valence electrons. The number of para-hydroxylation sites is 1. The van der Waals surface area contributed by atoms with Crippen molar-refractivity contribution in [1.82, 2.24) is 4.90 Å². The molecule has 0 radical (unpaired) electrons. The van der Waals surface area contributed by atoms with E-state index in [1.54, 1.807) is 0 Å². The van der Waals surface area contributed by atoms with Gasteiger partial charge in [-0.1, -0.05) is 48.5 Å². The topological polar surface area (TPSA) is 36.0 Å². The summed E-state index contributed by atoms with van der Waals surface area (Å²) in [5, 5.41) is 0. The molecule has 5 heteroatoms. The second-order valence-electron chi connectivity index (χ2n) is 9.44. The second-order valence-corrected chi connectivity index (χ2v) is 9.44. The van der Waals surface area contributed by atoms with Crippen LogP contribution in [0, 0.1) is 0 Å². The fourth-order valence-electron chi connectivity index (χ4n) is 5.10. The minimum absolute atomic E-state index is 0.217. The summed E-state index contributed by atoms with van der Waals surface area (Å²) in [6, 6.07) is 27.3. The van der Waals surface area contributed by atoms with Crippen LogP contribution in [0.4, 0.5) is 11.4 Å². The highest BCUT2D eigenvalue weighted by Gasteiger charge is 2.24. The first kappa shape index (κ1) is 23.4. The molecule has 3 aromatic carbocycles. The third kappa shape index (κ3) is 6.04. The molecule has 2 heterocycles. The van der Waals surface area contributed by atoms with Crippen LogP contribution < -0.4 is 14.5 Å². The Morgan fingerprint density at radius 1 is 0.771 bits per heavy atom. The minimum Gasteiger partial charge on any atom is -0.494 e. The van der Waals surface area contributed by atoms with E-state index in [0.717, 1.165) is 63.4 Å². The molecular weight excluding hydrogens is 434 g/mol. The number of ether oxygens (including phenoxy) is 1. The van der Waals surface area contributed by atoms with Gasteiger partial charge >= 0.3 is 0 Å². The van der Waals surface area contributed by atoms with Gasteiger partial charge < -0.3 is 14.5 Å². The van der Waals surface area contributed by atoms with Gasteiger partial charge in [0.15, 0.2) is 0 Å². The molecule has 1 amide bonds. The largest absolute Gasteiger partial charge is 0.494 e. The number of amides is 1. The number of hydrogen-bond donors (Lipinski definition) is 0. The third-order valence-electron chi connectivity index (χ3n) is 7.10. The van der Waals surface area contributed by atoms with Gasteiger partial charge in [0.25, 0.3) is 0 Å². The molecule has 0 aliphatic carbocycles. The van der Waals surface area contributed by atoms with Crippen molar-refractivity contribution in [2.24, 2.45) is 0 Å². The van der Waals surface area contributed by atoms with Gasteiger partial charge in [-0.05, 0) is 60.7 Å². The van der Waals surface area contributed by atoms with E-state index in [4.69, 9.17) is 4.74 Å². The molecule has 35 heavy (non-hydrogen) atoms. The Kier molecular flexibility index (Phi) is 7.64. The summed E-state index contributed by atoms with van der Waals surface area (Å²) >= 11 is 0. The van der Waals surface area contributed by atoms with E-state index >= 15 is 0 Å². The molecule has 1 saturated heterocycles. The fraction of sp³-hybridized carbons (Fsp3) is 0.367. The Labute approximate surface area is 208 Å². The Morgan fingerprint density at radius 3 is 2.29 bits per heavy atom. The number of carbonyl (C=O) groups is 1. The zero-order valence-electron chi connectivity index (χ0n) is 20.4. The highest BCUT2D eigenvalue weighted by molar-refractivity contribution is 5.96. The number of benzene rings is 3. The highest BCUT2D eigenvalue weighted by Crippen LogP contribution is 2.31. The van der Waals surface area contributed by atoms with Crippen LogP contribution in [0.3, 0.4) is 0 Å². The molecule has 0 atom stereocenters. The van der Waals surface area contributed by atoms with E-state index in [0.29, 0.717) is 19.6 Å². The van der Waals surface area contributed by atoms with Crippen molar-refractivity contribution in [1.29, 1.82) is 0 Å². The number of hydrogen-bond acceptors (Lipinski definition) is 4. The van der Waals surface area contributed by atoms with Crippen molar-refractivity contribution in [2.75, 3.05) is 55.7 Å². The molecule has 2 aliphatic heterocycles. The highest BCUT2D eigenvalue weighted by atomic mass is 16.5. The zero-order chi connectivity index (χ0) is 23.9. The van der Waals surface area contributed by atoms with Crippen LogP contribution in [-0.4, -0.2) is 56.7 Å². The normalized spacial score (nSPS) is 16.3. The van der Waals surface area contributed by atoms with Gasteiger partial charge in [0.05, 0.1) is 6.61 Å². The van der Waals surface area contributed by atoms with Gasteiger partial charge in [-0.2, -0.15) is 0 Å². The maximum absolute atomic E-state index is 12.6. The summed E-state index contributed by atoms with van der Waals surface area (Å²) in [4.78, 5) is 19.6. The molecule has 5 nitrogen and oxygen atoms in total. The summed E-state index contributed by atoms with van der Waals surface area (Å²) in [5.74, 6) is 1.13. The van der Waals surface area contributed by atoms with Gasteiger partial charge in [-0.15, -0.1) is 0 Å². The maximum Gasteiger partial charge on any atom is 0.227 e. The van der Waals surface area contributed by atoms with Gasteiger partial charge in [-0.3, -0.25) is 9.69 Å². The van der Waals surface area contributed by atoms with Gasteiger partial charge in [0.1, 0.15) is 5.75 Å². The summed E-state index contributed by atoms with van der Waals surface area (Å²) in [5.41, 5.74) is 4.84. The molecule has 0 unspecified atom stereocenters.